The van der Waals surface area contributed by atoms with Gasteiger partial charge in [0.15, 0.2) is 0 Å². The summed E-state index contributed by atoms with van der Waals surface area (Å²) in [5.74, 6) is 0. The predicted octanol–water partition coefficient (Wildman–Crippen LogP) is 1.55. The Kier molecular flexibility index (Phi) is 15.6. The molecular formula is C20H44N2O4. The highest BCUT2D eigenvalue weighted by Crippen LogP contribution is 2.08. The van der Waals surface area contributed by atoms with Crippen molar-refractivity contribution in [3.05, 3.63) is 0 Å². The molecule has 0 aromatic rings. The van der Waals surface area contributed by atoms with Gasteiger partial charge >= 0.3 is 0 Å². The molecule has 0 saturated heterocycles. The Hall–Kier alpha value is -0.240. The maximum atomic E-state index is 9.53. The molecule has 0 radical (unpaired) electrons. The minimum absolute atomic E-state index is 0.165. The topological polar surface area (TPSA) is 105 Å². The van der Waals surface area contributed by atoms with Crippen molar-refractivity contribution in [2.24, 2.45) is 0 Å². The standard InChI is InChI=1S/C20H44N2O4/c1-15(23)11-19(12-16(2)24)21-9-7-5-6-8-10-22-20(13-17(3)25)14-18(4)26/h15-26H,5-14H2,1-4H3. The van der Waals surface area contributed by atoms with Crippen molar-refractivity contribution < 1.29 is 20.4 Å². The minimum atomic E-state index is -0.353. The van der Waals surface area contributed by atoms with Crippen LogP contribution < -0.4 is 10.6 Å². The highest BCUT2D eigenvalue weighted by atomic mass is 16.3. The van der Waals surface area contributed by atoms with Crippen molar-refractivity contribution in [1.29, 1.82) is 0 Å². The summed E-state index contributed by atoms with van der Waals surface area (Å²) in [6, 6.07) is 0.330. The van der Waals surface area contributed by atoms with Gasteiger partial charge in [-0.1, -0.05) is 12.8 Å². The summed E-state index contributed by atoms with van der Waals surface area (Å²) in [5.41, 5.74) is 0. The molecule has 0 saturated carbocycles. The molecular weight excluding hydrogens is 332 g/mol. The second-order valence-electron chi connectivity index (χ2n) is 8.06. The first kappa shape index (κ1) is 25.8. The lowest BCUT2D eigenvalue weighted by atomic mass is 10.0. The second-order valence-corrected chi connectivity index (χ2v) is 8.06. The summed E-state index contributed by atoms with van der Waals surface area (Å²) in [7, 11) is 0. The van der Waals surface area contributed by atoms with Crippen LogP contribution in [0.25, 0.3) is 0 Å². The number of hydrogen-bond donors (Lipinski definition) is 6. The van der Waals surface area contributed by atoms with Crippen molar-refractivity contribution in [2.75, 3.05) is 13.1 Å². The fourth-order valence-electron chi connectivity index (χ4n) is 3.39. The van der Waals surface area contributed by atoms with E-state index in [1.165, 1.54) is 0 Å². The van der Waals surface area contributed by atoms with Crippen molar-refractivity contribution in [3.63, 3.8) is 0 Å². The Bertz CT molecular complexity index is 262. The molecule has 0 aromatic carbocycles. The molecule has 0 amide bonds. The third-order valence-corrected chi connectivity index (χ3v) is 4.47. The van der Waals surface area contributed by atoms with Gasteiger partial charge in [-0.3, -0.25) is 0 Å². The number of unbranched alkanes of at least 4 members (excludes halogenated alkanes) is 3. The van der Waals surface area contributed by atoms with E-state index in [0.717, 1.165) is 38.8 Å². The lowest BCUT2D eigenvalue weighted by molar-refractivity contribution is 0.130. The highest BCUT2D eigenvalue weighted by molar-refractivity contribution is 4.73. The SMILES string of the molecule is CC(O)CC(CC(C)O)NCCCCCCNC(CC(C)O)CC(C)O. The summed E-state index contributed by atoms with van der Waals surface area (Å²) >= 11 is 0. The molecule has 0 aliphatic carbocycles. The van der Waals surface area contributed by atoms with Gasteiger partial charge < -0.3 is 31.1 Å². The smallest absolute Gasteiger partial charge is 0.0526 e. The lowest BCUT2D eigenvalue weighted by Gasteiger charge is -2.22. The normalized spacial score (nSPS) is 18.9. The molecule has 0 fully saturated rings. The average Bonchev–Trinajstić information content (AvgIpc) is 2.47. The predicted molar refractivity (Wildman–Crippen MR) is 107 cm³/mol. The molecule has 4 atom stereocenters. The van der Waals surface area contributed by atoms with Gasteiger partial charge in [-0.2, -0.15) is 0 Å². The number of rotatable bonds is 17. The highest BCUT2D eigenvalue weighted by Gasteiger charge is 2.14. The first-order chi connectivity index (χ1) is 12.2. The Balaban J connectivity index is 3.77. The molecule has 0 spiro atoms. The van der Waals surface area contributed by atoms with Gasteiger partial charge in [0.25, 0.3) is 0 Å². The molecule has 6 heteroatoms. The van der Waals surface area contributed by atoms with Gasteiger partial charge in [0.1, 0.15) is 0 Å². The molecule has 0 aliphatic rings. The molecule has 26 heavy (non-hydrogen) atoms. The monoisotopic (exact) mass is 376 g/mol. The maximum absolute atomic E-state index is 9.53. The Morgan fingerprint density at radius 1 is 0.500 bits per heavy atom. The van der Waals surface area contributed by atoms with Crippen LogP contribution in [0.2, 0.25) is 0 Å². The van der Waals surface area contributed by atoms with Crippen LogP contribution in [0.1, 0.15) is 79.1 Å². The molecule has 4 unspecified atom stereocenters. The number of hydrogen-bond acceptors (Lipinski definition) is 6. The molecule has 0 aliphatic heterocycles. The van der Waals surface area contributed by atoms with E-state index >= 15 is 0 Å². The zero-order valence-corrected chi connectivity index (χ0v) is 17.3. The Morgan fingerprint density at radius 3 is 1.00 bits per heavy atom. The van der Waals surface area contributed by atoms with Crippen LogP contribution in [0.4, 0.5) is 0 Å². The van der Waals surface area contributed by atoms with Gasteiger partial charge in [-0.15, -0.1) is 0 Å². The number of aliphatic hydroxyl groups excluding tert-OH is 4. The molecule has 0 rings (SSSR count). The van der Waals surface area contributed by atoms with E-state index in [4.69, 9.17) is 0 Å². The van der Waals surface area contributed by atoms with Crippen LogP contribution in [0, 0.1) is 0 Å². The summed E-state index contributed by atoms with van der Waals surface area (Å²) in [5, 5.41) is 45.0. The van der Waals surface area contributed by atoms with Crippen LogP contribution in [0.5, 0.6) is 0 Å². The first-order valence-electron chi connectivity index (χ1n) is 10.4. The fraction of sp³-hybridized carbons (Fsp3) is 1.00. The number of aliphatic hydroxyl groups is 4. The third kappa shape index (κ3) is 17.2. The Labute approximate surface area is 160 Å². The van der Waals surface area contributed by atoms with Gasteiger partial charge in [-0.05, 0) is 79.3 Å². The Morgan fingerprint density at radius 2 is 0.769 bits per heavy atom. The maximum Gasteiger partial charge on any atom is 0.0526 e. The number of nitrogens with one attached hydrogen (secondary N) is 2. The third-order valence-electron chi connectivity index (χ3n) is 4.47. The van der Waals surface area contributed by atoms with E-state index in [1.54, 1.807) is 27.7 Å². The average molecular weight is 377 g/mol. The molecule has 6 nitrogen and oxygen atoms in total. The van der Waals surface area contributed by atoms with Crippen molar-refractivity contribution in [1.82, 2.24) is 10.6 Å². The van der Waals surface area contributed by atoms with E-state index in [1.807, 2.05) is 0 Å². The minimum Gasteiger partial charge on any atom is -0.393 e. The van der Waals surface area contributed by atoms with Crippen molar-refractivity contribution >= 4 is 0 Å². The van der Waals surface area contributed by atoms with Gasteiger partial charge in [0.2, 0.25) is 0 Å². The van der Waals surface area contributed by atoms with E-state index < -0.39 is 0 Å². The van der Waals surface area contributed by atoms with Gasteiger partial charge in [0, 0.05) is 12.1 Å². The molecule has 6 N–H and O–H groups in total. The van der Waals surface area contributed by atoms with E-state index in [9.17, 15) is 20.4 Å². The van der Waals surface area contributed by atoms with E-state index in [2.05, 4.69) is 10.6 Å². The van der Waals surface area contributed by atoms with Crippen LogP contribution in [-0.2, 0) is 0 Å². The first-order valence-corrected chi connectivity index (χ1v) is 10.4. The van der Waals surface area contributed by atoms with Crippen molar-refractivity contribution in [2.45, 2.75) is 116 Å². The quantitative estimate of drug-likeness (QED) is 0.215. The molecule has 0 aromatic heterocycles. The summed E-state index contributed by atoms with van der Waals surface area (Å²) in [4.78, 5) is 0. The fourth-order valence-corrected chi connectivity index (χ4v) is 3.39. The van der Waals surface area contributed by atoms with Gasteiger partial charge in [0.05, 0.1) is 24.4 Å². The molecule has 0 bridgehead atoms. The summed E-state index contributed by atoms with van der Waals surface area (Å²) in [6.07, 6.45) is 5.72. The molecule has 0 heterocycles. The zero-order chi connectivity index (χ0) is 19.9. The van der Waals surface area contributed by atoms with Crippen LogP contribution in [0.15, 0.2) is 0 Å². The summed E-state index contributed by atoms with van der Waals surface area (Å²) < 4.78 is 0. The van der Waals surface area contributed by atoms with Crippen molar-refractivity contribution in [3.8, 4) is 0 Å². The lowest BCUT2D eigenvalue weighted by Crippen LogP contribution is -2.35. The largest absolute Gasteiger partial charge is 0.393 e. The summed E-state index contributed by atoms with van der Waals surface area (Å²) in [6.45, 7) is 8.95. The van der Waals surface area contributed by atoms with E-state index in [0.29, 0.717) is 25.7 Å². The van der Waals surface area contributed by atoms with Gasteiger partial charge in [-0.25, -0.2) is 0 Å². The molecule has 158 valence electrons. The van der Waals surface area contributed by atoms with E-state index in [-0.39, 0.29) is 36.5 Å². The van der Waals surface area contributed by atoms with Crippen LogP contribution in [0.3, 0.4) is 0 Å². The van der Waals surface area contributed by atoms with Crippen LogP contribution >= 0.6 is 0 Å². The zero-order valence-electron chi connectivity index (χ0n) is 17.3. The van der Waals surface area contributed by atoms with Crippen LogP contribution in [-0.4, -0.2) is 70.0 Å². The second kappa shape index (κ2) is 15.8.